The molecule has 0 heterocycles. The van der Waals surface area contributed by atoms with Crippen molar-refractivity contribution in [1.29, 1.82) is 0 Å². The summed E-state index contributed by atoms with van der Waals surface area (Å²) in [7, 11) is 0. The summed E-state index contributed by atoms with van der Waals surface area (Å²) in [6.07, 6.45) is -1.78. The fourth-order valence-corrected chi connectivity index (χ4v) is 2.30. The third-order valence-electron chi connectivity index (χ3n) is 1.10. The van der Waals surface area contributed by atoms with Gasteiger partial charge < -0.3 is 0 Å². The first kappa shape index (κ1) is 9.72. The van der Waals surface area contributed by atoms with Gasteiger partial charge in [0.25, 0.3) is 0 Å². The minimum absolute atomic E-state index is 0.325. The predicted molar refractivity (Wildman–Crippen MR) is 46.9 cm³/mol. The van der Waals surface area contributed by atoms with Crippen molar-refractivity contribution in [2.24, 2.45) is 0 Å². The normalized spacial score (nSPS) is 9.58. The fourth-order valence-electron chi connectivity index (χ4n) is 0.631. The van der Waals surface area contributed by atoms with Gasteiger partial charge in [-0.25, -0.2) is 0 Å². The molecule has 0 aromatic heterocycles. The van der Waals surface area contributed by atoms with Gasteiger partial charge in [0, 0.05) is 0 Å². The summed E-state index contributed by atoms with van der Waals surface area (Å²) in [6, 6.07) is 9.01. The van der Waals surface area contributed by atoms with Crippen molar-refractivity contribution in [3.05, 3.63) is 40.3 Å². The van der Waals surface area contributed by atoms with Crippen LogP contribution in [0.1, 0.15) is 0 Å². The van der Waals surface area contributed by atoms with Gasteiger partial charge in [-0.05, 0) is 0 Å². The molecule has 1 aromatic rings. The van der Waals surface area contributed by atoms with E-state index in [1.807, 2.05) is 6.07 Å². The molecule has 0 amide bonds. The van der Waals surface area contributed by atoms with Crippen LogP contribution in [-0.2, 0) is 0 Å². The Balaban J connectivity index is 2.72. The first-order valence-corrected chi connectivity index (χ1v) is 5.23. The molecule has 12 heavy (non-hydrogen) atoms. The van der Waals surface area contributed by atoms with Gasteiger partial charge in [-0.15, -0.1) is 0 Å². The second kappa shape index (κ2) is 4.61. The Hall–Kier alpha value is -0.371. The Bertz CT molecular complexity index is 280. The topological polar surface area (TPSA) is 0 Å². The summed E-state index contributed by atoms with van der Waals surface area (Å²) in [5, 5.41) is 0. The van der Waals surface area contributed by atoms with Crippen LogP contribution in [0.25, 0.3) is 0 Å². The summed E-state index contributed by atoms with van der Waals surface area (Å²) in [4.78, 5) is 0. The van der Waals surface area contributed by atoms with Gasteiger partial charge in [-0.1, -0.05) is 0 Å². The molecule has 64 valence electrons. The second-order valence-electron chi connectivity index (χ2n) is 1.95. The van der Waals surface area contributed by atoms with E-state index in [1.54, 1.807) is 24.3 Å². The van der Waals surface area contributed by atoms with Crippen LogP contribution in [0.4, 0.5) is 8.78 Å². The maximum atomic E-state index is 11.9. The monoisotopic (exact) mass is 254 g/mol. The molecule has 1 rings (SSSR count). The zero-order chi connectivity index (χ0) is 8.97. The first-order valence-electron chi connectivity index (χ1n) is 3.14. The van der Waals surface area contributed by atoms with Crippen molar-refractivity contribution >= 4 is 31.0 Å². The number of halogens is 3. The summed E-state index contributed by atoms with van der Waals surface area (Å²) in [5.41, 5.74) is 0. The Kier molecular flexibility index (Phi) is 3.73. The van der Waals surface area contributed by atoms with E-state index in [4.69, 9.17) is 11.6 Å². The third-order valence-corrected chi connectivity index (χ3v) is 3.41. The standard InChI is InChI=1S/C8H5ClF2Se/c9-7(8(10)11)12-6-4-2-1-3-5-6/h1-5H. The molecule has 0 aliphatic heterocycles. The number of rotatable bonds is 2. The van der Waals surface area contributed by atoms with Crippen LogP contribution in [0, 0.1) is 0 Å². The van der Waals surface area contributed by atoms with Gasteiger partial charge in [0.05, 0.1) is 0 Å². The van der Waals surface area contributed by atoms with Crippen molar-refractivity contribution in [3.8, 4) is 0 Å². The predicted octanol–water partition coefficient (Wildman–Crippen LogP) is 2.32. The van der Waals surface area contributed by atoms with Gasteiger partial charge in [-0.3, -0.25) is 0 Å². The first-order chi connectivity index (χ1) is 5.70. The molecule has 0 spiro atoms. The van der Waals surface area contributed by atoms with Gasteiger partial charge >= 0.3 is 80.1 Å². The van der Waals surface area contributed by atoms with Crippen LogP contribution < -0.4 is 4.46 Å². The Labute approximate surface area is 80.4 Å². The number of hydrogen-bond acceptors (Lipinski definition) is 0. The van der Waals surface area contributed by atoms with E-state index < -0.39 is 21.0 Å². The van der Waals surface area contributed by atoms with Crippen LogP contribution >= 0.6 is 11.6 Å². The summed E-state index contributed by atoms with van der Waals surface area (Å²) >= 11 is 4.85. The van der Waals surface area contributed by atoms with E-state index in [9.17, 15) is 8.78 Å². The summed E-state index contributed by atoms with van der Waals surface area (Å²) in [6.45, 7) is 0. The van der Waals surface area contributed by atoms with Gasteiger partial charge in [0.1, 0.15) is 0 Å². The van der Waals surface area contributed by atoms with E-state index in [1.165, 1.54) is 0 Å². The molecule has 1 aromatic carbocycles. The Morgan fingerprint density at radius 2 is 1.75 bits per heavy atom. The van der Waals surface area contributed by atoms with E-state index in [-0.39, 0.29) is 3.93 Å². The minimum atomic E-state index is -1.78. The van der Waals surface area contributed by atoms with Crippen LogP contribution in [0.2, 0.25) is 0 Å². The maximum absolute atomic E-state index is 11.9. The molecular weight excluding hydrogens is 248 g/mol. The molecule has 0 saturated carbocycles. The fraction of sp³-hybridized carbons (Fsp3) is 0. The molecule has 0 unspecified atom stereocenters. The quantitative estimate of drug-likeness (QED) is 0.710. The van der Waals surface area contributed by atoms with Crippen molar-refractivity contribution in [2.75, 3.05) is 0 Å². The van der Waals surface area contributed by atoms with Crippen LogP contribution in [0.5, 0.6) is 0 Å². The molecule has 0 aliphatic carbocycles. The van der Waals surface area contributed by atoms with Gasteiger partial charge in [0.15, 0.2) is 0 Å². The van der Waals surface area contributed by atoms with Crippen molar-refractivity contribution in [3.63, 3.8) is 0 Å². The molecule has 0 bridgehead atoms. The molecule has 0 radical (unpaired) electrons. The molecule has 0 N–H and O–H groups in total. The molecule has 0 fully saturated rings. The summed E-state index contributed by atoms with van der Waals surface area (Å²) < 4.78 is 24.3. The van der Waals surface area contributed by atoms with E-state index >= 15 is 0 Å². The number of hydrogen-bond donors (Lipinski definition) is 0. The van der Waals surface area contributed by atoms with Crippen molar-refractivity contribution < 1.29 is 8.78 Å². The molecular formula is C8H5ClF2Se. The van der Waals surface area contributed by atoms with Crippen LogP contribution in [0.15, 0.2) is 40.3 Å². The summed E-state index contributed by atoms with van der Waals surface area (Å²) in [5.74, 6) is 0. The van der Waals surface area contributed by atoms with Crippen molar-refractivity contribution in [1.82, 2.24) is 0 Å². The average Bonchev–Trinajstić information content (AvgIpc) is 2.06. The van der Waals surface area contributed by atoms with E-state index in [2.05, 4.69) is 0 Å². The third kappa shape index (κ3) is 2.94. The van der Waals surface area contributed by atoms with E-state index in [0.717, 1.165) is 4.46 Å². The zero-order valence-corrected chi connectivity index (χ0v) is 8.40. The number of benzene rings is 1. The molecule has 0 saturated heterocycles. The second-order valence-corrected chi connectivity index (χ2v) is 5.11. The van der Waals surface area contributed by atoms with Crippen LogP contribution in [0.3, 0.4) is 0 Å². The van der Waals surface area contributed by atoms with Crippen molar-refractivity contribution in [2.45, 2.75) is 0 Å². The Morgan fingerprint density at radius 3 is 2.25 bits per heavy atom. The molecule has 0 aliphatic rings. The average molecular weight is 254 g/mol. The van der Waals surface area contributed by atoms with E-state index in [0.29, 0.717) is 0 Å². The zero-order valence-electron chi connectivity index (χ0n) is 5.93. The molecule has 0 nitrogen and oxygen atoms in total. The van der Waals surface area contributed by atoms with Gasteiger partial charge in [-0.2, -0.15) is 0 Å². The molecule has 0 atom stereocenters. The molecule has 4 heteroatoms. The van der Waals surface area contributed by atoms with Gasteiger partial charge in [0.2, 0.25) is 0 Å². The Morgan fingerprint density at radius 1 is 1.17 bits per heavy atom. The SMILES string of the molecule is FC(F)=C(Cl)[Se]c1ccccc1. The van der Waals surface area contributed by atoms with Crippen LogP contribution in [-0.4, -0.2) is 15.0 Å².